The van der Waals surface area contributed by atoms with Gasteiger partial charge in [0.2, 0.25) is 0 Å². The van der Waals surface area contributed by atoms with Crippen LogP contribution < -0.4 is 5.73 Å². The summed E-state index contributed by atoms with van der Waals surface area (Å²) < 4.78 is 26.4. The minimum atomic E-state index is -0.916. The molecule has 0 radical (unpaired) electrons. The first-order valence-corrected chi connectivity index (χ1v) is 5.71. The smallest absolute Gasteiger partial charge is 0.338 e. The third kappa shape index (κ3) is 2.43. The van der Waals surface area contributed by atoms with Crippen molar-refractivity contribution in [1.29, 1.82) is 0 Å². The lowest BCUT2D eigenvalue weighted by molar-refractivity contribution is -0.0730. The van der Waals surface area contributed by atoms with Crippen LogP contribution in [-0.4, -0.2) is 22.3 Å². The number of nitrogens with zero attached hydrogens (tertiary/aromatic N) is 1. The van der Waals surface area contributed by atoms with Crippen molar-refractivity contribution in [2.24, 2.45) is 5.73 Å². The molecular formula is C12H14F2N2O2. The van der Waals surface area contributed by atoms with Crippen LogP contribution in [0.2, 0.25) is 0 Å². The Morgan fingerprint density at radius 3 is 2.72 bits per heavy atom. The summed E-state index contributed by atoms with van der Waals surface area (Å²) in [5, 5.41) is 9.90. The van der Waals surface area contributed by atoms with Gasteiger partial charge in [0.15, 0.2) is 0 Å². The number of amides is 2. The maximum atomic E-state index is 13.6. The van der Waals surface area contributed by atoms with Gasteiger partial charge in [0, 0.05) is 6.07 Å². The Hall–Kier alpha value is -1.69. The number of hydrogen-bond donors (Lipinski definition) is 2. The van der Waals surface area contributed by atoms with E-state index < -0.39 is 23.7 Å². The zero-order valence-electron chi connectivity index (χ0n) is 9.64. The van der Waals surface area contributed by atoms with Gasteiger partial charge in [-0.15, -0.1) is 0 Å². The highest BCUT2D eigenvalue weighted by Gasteiger charge is 2.32. The maximum Gasteiger partial charge on any atom is 0.338 e. The predicted octanol–water partition coefficient (Wildman–Crippen LogP) is 2.37. The van der Waals surface area contributed by atoms with Crippen LogP contribution in [0, 0.1) is 11.6 Å². The number of carbonyl (C=O) groups excluding carboxylic acids is 1. The van der Waals surface area contributed by atoms with Gasteiger partial charge in [-0.25, -0.2) is 18.6 Å². The van der Waals surface area contributed by atoms with Crippen LogP contribution in [0.15, 0.2) is 18.2 Å². The van der Waals surface area contributed by atoms with Gasteiger partial charge < -0.3 is 5.73 Å². The molecule has 1 aliphatic carbocycles. The zero-order chi connectivity index (χ0) is 13.3. The number of urea groups is 1. The molecule has 0 heterocycles. The minimum Gasteiger partial charge on any atom is -0.350 e. The molecule has 0 aromatic heterocycles. The molecule has 2 rings (SSSR count). The van der Waals surface area contributed by atoms with Crippen molar-refractivity contribution >= 4 is 6.03 Å². The number of carbonyl (C=O) groups is 1. The van der Waals surface area contributed by atoms with Gasteiger partial charge in [0.25, 0.3) is 0 Å². The molecule has 2 amide bonds. The zero-order valence-corrected chi connectivity index (χ0v) is 9.64. The molecule has 1 saturated carbocycles. The Kier molecular flexibility index (Phi) is 3.47. The molecule has 0 saturated heterocycles. The van der Waals surface area contributed by atoms with Crippen molar-refractivity contribution in [3.05, 3.63) is 35.4 Å². The first-order valence-electron chi connectivity index (χ1n) is 5.71. The van der Waals surface area contributed by atoms with Crippen LogP contribution in [-0.2, 0) is 0 Å². The van der Waals surface area contributed by atoms with Crippen molar-refractivity contribution < 1.29 is 18.8 Å². The van der Waals surface area contributed by atoms with Crippen LogP contribution in [0.1, 0.15) is 30.7 Å². The Labute approximate surface area is 103 Å². The maximum absolute atomic E-state index is 13.6. The monoisotopic (exact) mass is 256 g/mol. The van der Waals surface area contributed by atoms with Crippen molar-refractivity contribution in [3.63, 3.8) is 0 Å². The quantitative estimate of drug-likeness (QED) is 0.630. The predicted molar refractivity (Wildman–Crippen MR) is 59.9 cm³/mol. The highest BCUT2D eigenvalue weighted by atomic mass is 19.1. The van der Waals surface area contributed by atoms with E-state index in [9.17, 15) is 18.8 Å². The van der Waals surface area contributed by atoms with Gasteiger partial charge in [0.1, 0.15) is 11.6 Å². The Bertz CT molecular complexity index is 467. The first-order chi connectivity index (χ1) is 8.49. The lowest BCUT2D eigenvalue weighted by Crippen LogP contribution is -2.39. The number of primary amides is 1. The third-order valence-corrected chi connectivity index (χ3v) is 3.38. The SMILES string of the molecule is NC(=O)N(O)[C@@H]1CC[C@H](c2ccc(F)cc2F)C1. The van der Waals surface area contributed by atoms with E-state index in [2.05, 4.69) is 0 Å². The number of halogens is 2. The Morgan fingerprint density at radius 2 is 2.11 bits per heavy atom. The second kappa shape index (κ2) is 4.89. The Morgan fingerprint density at radius 1 is 1.39 bits per heavy atom. The molecule has 0 bridgehead atoms. The fraction of sp³-hybridized carbons (Fsp3) is 0.417. The van der Waals surface area contributed by atoms with Crippen molar-refractivity contribution in [2.45, 2.75) is 31.2 Å². The number of hydroxylamine groups is 2. The second-order valence-electron chi connectivity index (χ2n) is 4.51. The molecule has 18 heavy (non-hydrogen) atoms. The average Bonchev–Trinajstić information content (AvgIpc) is 2.77. The molecule has 1 aromatic rings. The largest absolute Gasteiger partial charge is 0.350 e. The van der Waals surface area contributed by atoms with Crippen molar-refractivity contribution in [2.75, 3.05) is 0 Å². The van der Waals surface area contributed by atoms with Gasteiger partial charge in [0.05, 0.1) is 6.04 Å². The van der Waals surface area contributed by atoms with Crippen LogP contribution >= 0.6 is 0 Å². The van der Waals surface area contributed by atoms with Crippen LogP contribution in [0.3, 0.4) is 0 Å². The number of hydrogen-bond acceptors (Lipinski definition) is 2. The summed E-state index contributed by atoms with van der Waals surface area (Å²) in [4.78, 5) is 10.8. The second-order valence-corrected chi connectivity index (χ2v) is 4.51. The topological polar surface area (TPSA) is 66.6 Å². The molecular weight excluding hydrogens is 242 g/mol. The molecule has 2 atom stereocenters. The third-order valence-electron chi connectivity index (χ3n) is 3.38. The fourth-order valence-electron chi connectivity index (χ4n) is 2.47. The molecule has 4 nitrogen and oxygen atoms in total. The van der Waals surface area contributed by atoms with Crippen molar-refractivity contribution in [1.82, 2.24) is 5.06 Å². The standard InChI is InChI=1S/C12H14F2N2O2/c13-8-2-4-10(11(14)6-8)7-1-3-9(5-7)16(18)12(15)17/h2,4,6-7,9,18H,1,3,5H2,(H2,15,17)/t7-,9+/m0/s1. The van der Waals surface area contributed by atoms with E-state index in [1.54, 1.807) is 0 Å². The fourth-order valence-corrected chi connectivity index (χ4v) is 2.47. The Balaban J connectivity index is 2.11. The molecule has 0 aliphatic heterocycles. The number of nitrogens with two attached hydrogens (primary N) is 1. The van der Waals surface area contributed by atoms with E-state index in [0.717, 1.165) is 6.07 Å². The van der Waals surface area contributed by atoms with E-state index in [1.165, 1.54) is 12.1 Å². The minimum absolute atomic E-state index is 0.135. The molecule has 1 aromatic carbocycles. The summed E-state index contributed by atoms with van der Waals surface area (Å²) in [7, 11) is 0. The summed E-state index contributed by atoms with van der Waals surface area (Å²) >= 11 is 0. The van der Waals surface area contributed by atoms with Gasteiger partial charge in [-0.3, -0.25) is 5.21 Å². The molecule has 3 N–H and O–H groups in total. The van der Waals surface area contributed by atoms with Gasteiger partial charge in [-0.1, -0.05) is 6.07 Å². The summed E-state index contributed by atoms with van der Waals surface area (Å²) in [6, 6.07) is 2.13. The van der Waals surface area contributed by atoms with Gasteiger partial charge >= 0.3 is 6.03 Å². The van der Waals surface area contributed by atoms with E-state index in [-0.39, 0.29) is 5.92 Å². The van der Waals surface area contributed by atoms with Crippen LogP contribution in [0.5, 0.6) is 0 Å². The molecule has 1 fully saturated rings. The van der Waals surface area contributed by atoms with Crippen LogP contribution in [0.4, 0.5) is 13.6 Å². The molecule has 1 aliphatic rings. The van der Waals surface area contributed by atoms with Crippen molar-refractivity contribution in [3.8, 4) is 0 Å². The lowest BCUT2D eigenvalue weighted by atomic mass is 9.97. The summed E-state index contributed by atoms with van der Waals surface area (Å²) in [5.41, 5.74) is 5.38. The van der Waals surface area contributed by atoms with E-state index in [4.69, 9.17) is 5.73 Å². The summed E-state index contributed by atoms with van der Waals surface area (Å²) in [6.45, 7) is 0. The summed E-state index contributed by atoms with van der Waals surface area (Å²) in [6.07, 6.45) is 1.58. The van der Waals surface area contributed by atoms with Crippen LogP contribution in [0.25, 0.3) is 0 Å². The first kappa shape index (κ1) is 12.8. The lowest BCUT2D eigenvalue weighted by Gasteiger charge is -2.20. The normalized spacial score (nSPS) is 23.1. The van der Waals surface area contributed by atoms with E-state index in [0.29, 0.717) is 29.9 Å². The van der Waals surface area contributed by atoms with Gasteiger partial charge in [-0.05, 0) is 36.8 Å². The molecule has 0 spiro atoms. The molecule has 0 unspecified atom stereocenters. The van der Waals surface area contributed by atoms with Gasteiger partial charge in [-0.2, -0.15) is 0 Å². The number of benzene rings is 1. The van der Waals surface area contributed by atoms with E-state index in [1.807, 2.05) is 0 Å². The summed E-state index contributed by atoms with van der Waals surface area (Å²) in [5.74, 6) is -1.35. The highest BCUT2D eigenvalue weighted by molar-refractivity contribution is 5.70. The average molecular weight is 256 g/mol. The highest BCUT2D eigenvalue weighted by Crippen LogP contribution is 2.37. The van der Waals surface area contributed by atoms with E-state index >= 15 is 0 Å². The number of rotatable bonds is 2. The molecule has 98 valence electrons. The molecule has 6 heteroatoms.